The predicted molar refractivity (Wildman–Crippen MR) is 77.9 cm³/mol. The number of ether oxygens (including phenoxy) is 1. The van der Waals surface area contributed by atoms with Crippen LogP contribution in [0.4, 0.5) is 0 Å². The maximum absolute atomic E-state index is 12.4. The minimum Gasteiger partial charge on any atom is -0.377 e. The molecule has 106 valence electrons. The molecule has 0 bridgehead atoms. The first kappa shape index (κ1) is 14.0. The molecule has 0 spiro atoms. The molecular weight excluding hydrogens is 350 g/mol. The Hall–Kier alpha value is 0.0500. The van der Waals surface area contributed by atoms with Crippen LogP contribution in [0.1, 0.15) is 19.3 Å². The smallest absolute Gasteiger partial charge is 0.252 e. The van der Waals surface area contributed by atoms with Crippen LogP contribution in [0.15, 0.2) is 20.1 Å². The molecular formula is C12H16BrNO3S2. The monoisotopic (exact) mass is 365 g/mol. The Morgan fingerprint density at radius 2 is 2.16 bits per heavy atom. The van der Waals surface area contributed by atoms with Gasteiger partial charge in [0.1, 0.15) is 4.21 Å². The van der Waals surface area contributed by atoms with E-state index in [2.05, 4.69) is 15.9 Å². The van der Waals surface area contributed by atoms with Crippen molar-refractivity contribution in [1.29, 1.82) is 0 Å². The summed E-state index contributed by atoms with van der Waals surface area (Å²) in [6, 6.07) is 3.43. The molecule has 2 fully saturated rings. The average Bonchev–Trinajstić information content (AvgIpc) is 2.89. The second-order valence-electron chi connectivity index (χ2n) is 5.11. The van der Waals surface area contributed by atoms with E-state index in [0.29, 0.717) is 17.3 Å². The summed E-state index contributed by atoms with van der Waals surface area (Å²) in [5.74, 6) is 0.721. The second-order valence-corrected chi connectivity index (χ2v) is 9.74. The zero-order chi connectivity index (χ0) is 13.5. The summed E-state index contributed by atoms with van der Waals surface area (Å²) < 4.78 is 33.4. The first-order valence-electron chi connectivity index (χ1n) is 6.43. The van der Waals surface area contributed by atoms with E-state index in [1.54, 1.807) is 16.4 Å². The highest BCUT2D eigenvalue weighted by Gasteiger charge is 2.34. The fraction of sp³-hybridized carbons (Fsp3) is 0.667. The molecule has 1 unspecified atom stereocenters. The summed E-state index contributed by atoms with van der Waals surface area (Å²) in [6.07, 6.45) is 3.40. The van der Waals surface area contributed by atoms with Crippen molar-refractivity contribution in [3.8, 4) is 0 Å². The molecule has 4 nitrogen and oxygen atoms in total. The normalized spacial score (nSPS) is 25.0. The quantitative estimate of drug-likeness (QED) is 0.805. The molecule has 0 N–H and O–H groups in total. The maximum Gasteiger partial charge on any atom is 0.252 e. The summed E-state index contributed by atoms with van der Waals surface area (Å²) >= 11 is 4.56. The van der Waals surface area contributed by atoms with Crippen molar-refractivity contribution in [1.82, 2.24) is 4.31 Å². The van der Waals surface area contributed by atoms with E-state index < -0.39 is 10.0 Å². The van der Waals surface area contributed by atoms with Crippen molar-refractivity contribution in [2.75, 3.05) is 19.7 Å². The van der Waals surface area contributed by atoms with E-state index in [9.17, 15) is 8.42 Å². The molecule has 0 radical (unpaired) electrons. The molecule has 1 saturated carbocycles. The SMILES string of the molecule is O=S(=O)(c1ccc(Br)s1)N1CCC(OCC2CC2)C1. The van der Waals surface area contributed by atoms with E-state index in [-0.39, 0.29) is 6.10 Å². The van der Waals surface area contributed by atoms with Crippen LogP contribution >= 0.6 is 27.3 Å². The van der Waals surface area contributed by atoms with Crippen LogP contribution in [0.25, 0.3) is 0 Å². The van der Waals surface area contributed by atoms with Gasteiger partial charge in [-0.05, 0) is 53.2 Å². The lowest BCUT2D eigenvalue weighted by Gasteiger charge is -2.15. The Kier molecular flexibility index (Phi) is 4.01. The van der Waals surface area contributed by atoms with Crippen molar-refractivity contribution in [3.63, 3.8) is 0 Å². The molecule has 2 heterocycles. The third-order valence-electron chi connectivity index (χ3n) is 3.52. The third kappa shape index (κ3) is 3.21. The van der Waals surface area contributed by atoms with Gasteiger partial charge in [-0.2, -0.15) is 4.31 Å². The molecule has 0 aromatic carbocycles. The van der Waals surface area contributed by atoms with Gasteiger partial charge in [-0.1, -0.05) is 0 Å². The highest BCUT2D eigenvalue weighted by atomic mass is 79.9. The Morgan fingerprint density at radius 1 is 1.37 bits per heavy atom. The van der Waals surface area contributed by atoms with Gasteiger partial charge in [0, 0.05) is 19.7 Å². The molecule has 1 aliphatic heterocycles. The Labute approximate surface area is 125 Å². The number of rotatable bonds is 5. The number of hydrogen-bond donors (Lipinski definition) is 0. The topological polar surface area (TPSA) is 46.6 Å². The van der Waals surface area contributed by atoms with E-state index >= 15 is 0 Å². The van der Waals surface area contributed by atoms with Crippen LogP contribution < -0.4 is 0 Å². The lowest BCUT2D eigenvalue weighted by atomic mass is 10.3. The van der Waals surface area contributed by atoms with Gasteiger partial charge in [0.25, 0.3) is 10.0 Å². The minimum atomic E-state index is -3.33. The Bertz CT molecular complexity index is 553. The number of nitrogens with zero attached hydrogens (tertiary/aromatic N) is 1. The molecule has 3 rings (SSSR count). The summed E-state index contributed by atoms with van der Waals surface area (Å²) in [5.41, 5.74) is 0. The van der Waals surface area contributed by atoms with Gasteiger partial charge in [-0.15, -0.1) is 11.3 Å². The van der Waals surface area contributed by atoms with Crippen LogP contribution in [-0.4, -0.2) is 38.5 Å². The van der Waals surface area contributed by atoms with Crippen LogP contribution in [-0.2, 0) is 14.8 Å². The fourth-order valence-electron chi connectivity index (χ4n) is 2.17. The van der Waals surface area contributed by atoms with Crippen molar-refractivity contribution in [2.45, 2.75) is 29.6 Å². The highest BCUT2D eigenvalue weighted by molar-refractivity contribution is 9.11. The molecule has 1 aliphatic carbocycles. The van der Waals surface area contributed by atoms with E-state index in [0.717, 1.165) is 22.7 Å². The molecule has 2 aliphatic rings. The van der Waals surface area contributed by atoms with E-state index in [1.165, 1.54) is 24.2 Å². The van der Waals surface area contributed by atoms with Crippen LogP contribution in [0, 0.1) is 5.92 Å². The number of hydrogen-bond acceptors (Lipinski definition) is 4. The van der Waals surface area contributed by atoms with Crippen LogP contribution in [0.2, 0.25) is 0 Å². The highest BCUT2D eigenvalue weighted by Crippen LogP contribution is 2.32. The molecule has 1 saturated heterocycles. The van der Waals surface area contributed by atoms with Gasteiger partial charge in [0.05, 0.1) is 9.89 Å². The third-order valence-corrected chi connectivity index (χ3v) is 7.47. The van der Waals surface area contributed by atoms with Gasteiger partial charge in [0.2, 0.25) is 0 Å². The zero-order valence-corrected chi connectivity index (χ0v) is 13.6. The minimum absolute atomic E-state index is 0.0683. The first-order chi connectivity index (χ1) is 9.05. The van der Waals surface area contributed by atoms with Gasteiger partial charge in [-0.3, -0.25) is 0 Å². The predicted octanol–water partition coefficient (Wildman–Crippen LogP) is 2.70. The summed E-state index contributed by atoms with van der Waals surface area (Å²) in [4.78, 5) is 0. The van der Waals surface area contributed by atoms with Crippen molar-refractivity contribution < 1.29 is 13.2 Å². The zero-order valence-electron chi connectivity index (χ0n) is 10.4. The number of thiophene rings is 1. The number of sulfonamides is 1. The summed E-state index contributed by atoms with van der Waals surface area (Å²) in [7, 11) is -3.33. The average molecular weight is 366 g/mol. The number of halogens is 1. The molecule has 1 aromatic rings. The van der Waals surface area contributed by atoms with Gasteiger partial charge < -0.3 is 4.74 Å². The Balaban J connectivity index is 1.62. The molecule has 1 aromatic heterocycles. The van der Waals surface area contributed by atoms with Crippen LogP contribution in [0.5, 0.6) is 0 Å². The Morgan fingerprint density at radius 3 is 2.79 bits per heavy atom. The first-order valence-corrected chi connectivity index (χ1v) is 9.48. The largest absolute Gasteiger partial charge is 0.377 e. The lowest BCUT2D eigenvalue weighted by molar-refractivity contribution is 0.0561. The van der Waals surface area contributed by atoms with E-state index in [4.69, 9.17) is 4.74 Å². The van der Waals surface area contributed by atoms with Gasteiger partial charge in [-0.25, -0.2) is 8.42 Å². The lowest BCUT2D eigenvalue weighted by Crippen LogP contribution is -2.30. The summed E-state index contributed by atoms with van der Waals surface area (Å²) in [5, 5.41) is 0. The summed E-state index contributed by atoms with van der Waals surface area (Å²) in [6.45, 7) is 1.85. The maximum atomic E-state index is 12.4. The van der Waals surface area contributed by atoms with Gasteiger partial charge in [0.15, 0.2) is 0 Å². The van der Waals surface area contributed by atoms with Gasteiger partial charge >= 0.3 is 0 Å². The molecule has 19 heavy (non-hydrogen) atoms. The molecule has 0 amide bonds. The molecule has 7 heteroatoms. The van der Waals surface area contributed by atoms with Crippen molar-refractivity contribution in [2.24, 2.45) is 5.92 Å². The van der Waals surface area contributed by atoms with Crippen molar-refractivity contribution >= 4 is 37.3 Å². The molecule has 1 atom stereocenters. The fourth-order valence-corrected chi connectivity index (χ4v) is 5.82. The van der Waals surface area contributed by atoms with E-state index in [1.807, 2.05) is 0 Å². The second kappa shape index (κ2) is 5.44. The van der Waals surface area contributed by atoms with Crippen LogP contribution in [0.3, 0.4) is 0 Å². The standard InChI is InChI=1S/C12H16BrNO3S2/c13-11-3-4-12(18-11)19(15,16)14-6-5-10(7-14)17-8-9-1-2-9/h3-4,9-10H,1-2,5-8H2. The van der Waals surface area contributed by atoms with Crippen molar-refractivity contribution in [3.05, 3.63) is 15.9 Å².